The van der Waals surface area contributed by atoms with Gasteiger partial charge >= 0.3 is 6.09 Å². The minimum Gasteiger partial charge on any atom is -0.489 e. The van der Waals surface area contributed by atoms with E-state index in [1.165, 1.54) is 0 Å². The number of halogens is 1. The molecule has 0 bridgehead atoms. The van der Waals surface area contributed by atoms with Gasteiger partial charge < -0.3 is 19.6 Å². The van der Waals surface area contributed by atoms with Crippen LogP contribution in [0.2, 0.25) is 0 Å². The molecular weight excluding hydrogens is 520 g/mol. The van der Waals surface area contributed by atoms with Gasteiger partial charge in [-0.05, 0) is 30.3 Å². The molecule has 0 aromatic heterocycles. The predicted molar refractivity (Wildman–Crippen MR) is 130 cm³/mol. The number of piperidine rings is 1. The number of nitrogens with one attached hydrogen (secondary N) is 1. The van der Waals surface area contributed by atoms with Crippen LogP contribution in [-0.2, 0) is 9.59 Å². The zero-order chi connectivity index (χ0) is 24.9. The summed E-state index contributed by atoms with van der Waals surface area (Å²) < 4.78 is 6.74. The monoisotopic (exact) mass is 546 g/mol. The minimum absolute atomic E-state index is 0.0725. The number of piperazine rings is 1. The number of hydrogen-bond donors (Lipinski definition) is 3. The number of hydroxylamine groups is 1. The molecule has 0 spiro atoms. The van der Waals surface area contributed by atoms with E-state index in [0.717, 1.165) is 15.1 Å². The van der Waals surface area contributed by atoms with Gasteiger partial charge in [0.15, 0.2) is 0 Å². The van der Waals surface area contributed by atoms with E-state index in [9.17, 15) is 24.7 Å². The number of likely N-dealkylation sites (tertiary alicyclic amines) is 1. The summed E-state index contributed by atoms with van der Waals surface area (Å²) in [4.78, 5) is 43.0. The molecule has 2 aliphatic heterocycles. The molecule has 2 unspecified atom stereocenters. The second-order valence-electron chi connectivity index (χ2n) is 8.54. The van der Waals surface area contributed by atoms with E-state index in [0.29, 0.717) is 31.9 Å². The quantitative estimate of drug-likeness (QED) is 0.388. The Bertz CT molecular complexity index is 1060. The van der Waals surface area contributed by atoms with E-state index in [2.05, 4.69) is 20.8 Å². The van der Waals surface area contributed by atoms with E-state index in [1.807, 2.05) is 36.4 Å². The van der Waals surface area contributed by atoms with Crippen molar-refractivity contribution in [1.29, 1.82) is 0 Å². The summed E-state index contributed by atoms with van der Waals surface area (Å²) in [6, 6.07) is 15.6. The van der Waals surface area contributed by atoms with Crippen molar-refractivity contribution in [1.82, 2.24) is 15.3 Å². The maximum absolute atomic E-state index is 13.5. The molecule has 3 N–H and O–H groups in total. The van der Waals surface area contributed by atoms with Crippen LogP contribution >= 0.6 is 15.9 Å². The summed E-state index contributed by atoms with van der Waals surface area (Å²) in [5, 5.41) is 19.3. The third kappa shape index (κ3) is 5.68. The third-order valence-electron chi connectivity index (χ3n) is 6.39. The fraction of sp³-hybridized carbons (Fsp3) is 0.375. The first kappa shape index (κ1) is 24.8. The van der Waals surface area contributed by atoms with Crippen molar-refractivity contribution in [2.45, 2.75) is 18.6 Å². The number of anilines is 1. The van der Waals surface area contributed by atoms with E-state index >= 15 is 0 Å². The zero-order valence-corrected chi connectivity index (χ0v) is 20.5. The molecule has 0 aliphatic carbocycles. The van der Waals surface area contributed by atoms with Crippen molar-refractivity contribution in [3.05, 3.63) is 59.1 Å². The lowest BCUT2D eigenvalue weighted by Crippen LogP contribution is -2.64. The molecule has 35 heavy (non-hydrogen) atoms. The van der Waals surface area contributed by atoms with Gasteiger partial charge in [0.1, 0.15) is 17.9 Å². The lowest BCUT2D eigenvalue weighted by molar-refractivity contribution is -0.150. The first-order valence-corrected chi connectivity index (χ1v) is 12.1. The average Bonchev–Trinajstić information content (AvgIpc) is 2.88. The van der Waals surface area contributed by atoms with E-state index in [-0.39, 0.29) is 13.0 Å². The van der Waals surface area contributed by atoms with Gasteiger partial charge in [-0.2, -0.15) is 0 Å². The number of nitrogens with zero attached hydrogens (tertiary/aromatic N) is 3. The van der Waals surface area contributed by atoms with Crippen LogP contribution in [0.4, 0.5) is 10.5 Å². The Morgan fingerprint density at radius 3 is 2.34 bits per heavy atom. The van der Waals surface area contributed by atoms with E-state index in [4.69, 9.17) is 4.74 Å². The van der Waals surface area contributed by atoms with Crippen molar-refractivity contribution in [2.24, 2.45) is 5.92 Å². The van der Waals surface area contributed by atoms with Crippen LogP contribution in [0.5, 0.6) is 5.75 Å². The molecule has 2 heterocycles. The molecule has 2 aromatic rings. The molecule has 3 amide bonds. The normalized spacial score (nSPS) is 22.5. The van der Waals surface area contributed by atoms with Crippen LogP contribution in [-0.4, -0.2) is 82.9 Å². The minimum atomic E-state index is -1.33. The second kappa shape index (κ2) is 11.0. The molecule has 2 aliphatic rings. The Morgan fingerprint density at radius 2 is 1.71 bits per heavy atom. The molecule has 0 radical (unpaired) electrons. The summed E-state index contributed by atoms with van der Waals surface area (Å²) in [6.45, 7) is 1.87. The Labute approximate surface area is 211 Å². The fourth-order valence-corrected chi connectivity index (χ4v) is 5.08. The number of carbonyl (C=O) groups is 3. The fourth-order valence-electron chi connectivity index (χ4n) is 4.70. The first-order valence-electron chi connectivity index (χ1n) is 11.3. The maximum Gasteiger partial charge on any atom is 0.408 e. The van der Waals surface area contributed by atoms with E-state index in [1.54, 1.807) is 28.6 Å². The SMILES string of the molecule is O=C(NO)C1C[C@H](Oc2cccc(Br)c2)CN(C(=O)O)C1C(=O)N1CCN(c2ccccc2)CC1. The highest BCUT2D eigenvalue weighted by Crippen LogP contribution is 2.30. The Kier molecular flexibility index (Phi) is 7.76. The van der Waals surface area contributed by atoms with Crippen molar-refractivity contribution in [3.8, 4) is 5.75 Å². The van der Waals surface area contributed by atoms with Gasteiger partial charge in [-0.15, -0.1) is 0 Å². The van der Waals surface area contributed by atoms with Gasteiger partial charge in [0.2, 0.25) is 11.8 Å². The molecule has 2 aromatic carbocycles. The molecule has 4 rings (SSSR count). The van der Waals surface area contributed by atoms with E-state index < -0.39 is 36.0 Å². The maximum atomic E-state index is 13.5. The Balaban J connectivity index is 1.51. The third-order valence-corrected chi connectivity index (χ3v) is 6.88. The lowest BCUT2D eigenvalue weighted by Gasteiger charge is -2.44. The number of hydrogen-bond acceptors (Lipinski definition) is 6. The second-order valence-corrected chi connectivity index (χ2v) is 9.46. The van der Waals surface area contributed by atoms with Gasteiger partial charge in [0, 0.05) is 42.8 Å². The number of benzene rings is 2. The van der Waals surface area contributed by atoms with Gasteiger partial charge in [-0.25, -0.2) is 10.3 Å². The summed E-state index contributed by atoms with van der Waals surface area (Å²) in [6.07, 6.45) is -1.94. The van der Waals surface area contributed by atoms with Crippen LogP contribution in [0, 0.1) is 5.92 Å². The standard InChI is InChI=1S/C24H27BrN4O6/c25-16-5-4-8-18(13-16)35-19-14-20(22(30)26-34)21(29(15-19)24(32)33)23(31)28-11-9-27(10-12-28)17-6-2-1-3-7-17/h1-8,13,19-21,34H,9-12,14-15H2,(H,26,30)(H,32,33)/t19-,20?,21?/m0/s1. The molecule has 2 saturated heterocycles. The highest BCUT2D eigenvalue weighted by atomic mass is 79.9. The summed E-state index contributed by atoms with van der Waals surface area (Å²) >= 11 is 3.36. The highest BCUT2D eigenvalue weighted by Gasteiger charge is 2.48. The largest absolute Gasteiger partial charge is 0.489 e. The van der Waals surface area contributed by atoms with Crippen molar-refractivity contribution in [3.63, 3.8) is 0 Å². The van der Waals surface area contributed by atoms with Crippen molar-refractivity contribution >= 4 is 39.5 Å². The van der Waals surface area contributed by atoms with Crippen molar-refractivity contribution < 1.29 is 29.4 Å². The lowest BCUT2D eigenvalue weighted by atomic mass is 9.86. The zero-order valence-electron chi connectivity index (χ0n) is 18.9. The number of para-hydroxylation sites is 1. The molecular formula is C24H27BrN4O6. The Morgan fingerprint density at radius 1 is 1.00 bits per heavy atom. The number of carbonyl (C=O) groups excluding carboxylic acids is 2. The molecule has 0 saturated carbocycles. The van der Waals surface area contributed by atoms with Crippen LogP contribution in [0.25, 0.3) is 0 Å². The molecule has 2 fully saturated rings. The van der Waals surface area contributed by atoms with Gasteiger partial charge in [-0.1, -0.05) is 40.2 Å². The molecule has 11 heteroatoms. The van der Waals surface area contributed by atoms with Crippen molar-refractivity contribution in [2.75, 3.05) is 37.6 Å². The number of rotatable bonds is 5. The summed E-state index contributed by atoms with van der Waals surface area (Å²) in [7, 11) is 0. The first-order chi connectivity index (χ1) is 16.9. The van der Waals surface area contributed by atoms with Gasteiger partial charge in [0.25, 0.3) is 0 Å². The number of amides is 3. The number of carboxylic acid groups (broad SMARTS) is 1. The van der Waals surface area contributed by atoms with Gasteiger partial charge in [-0.3, -0.25) is 19.7 Å². The predicted octanol–water partition coefficient (Wildman–Crippen LogP) is 2.42. The Hall–Kier alpha value is -3.31. The topological polar surface area (TPSA) is 123 Å². The number of ether oxygens (including phenoxy) is 1. The van der Waals surface area contributed by atoms with Crippen LogP contribution < -0.4 is 15.1 Å². The molecule has 186 valence electrons. The van der Waals surface area contributed by atoms with Crippen LogP contribution in [0.15, 0.2) is 59.1 Å². The average molecular weight is 547 g/mol. The summed E-state index contributed by atoms with van der Waals surface area (Å²) in [5.41, 5.74) is 2.65. The van der Waals surface area contributed by atoms with Gasteiger partial charge in [0.05, 0.1) is 12.5 Å². The highest BCUT2D eigenvalue weighted by molar-refractivity contribution is 9.10. The molecule has 10 nitrogen and oxygen atoms in total. The molecule has 3 atom stereocenters. The summed E-state index contributed by atoms with van der Waals surface area (Å²) in [5.74, 6) is -1.88. The van der Waals surface area contributed by atoms with Crippen LogP contribution in [0.3, 0.4) is 0 Å². The van der Waals surface area contributed by atoms with Crippen LogP contribution in [0.1, 0.15) is 6.42 Å². The smallest absolute Gasteiger partial charge is 0.408 e.